The van der Waals surface area contributed by atoms with Gasteiger partial charge in [-0.15, -0.1) is 0 Å². The molecule has 6 nitrogen and oxygen atoms in total. The van der Waals surface area contributed by atoms with Crippen LogP contribution in [-0.2, 0) is 23.1 Å². The van der Waals surface area contributed by atoms with Gasteiger partial charge in [0.15, 0.2) is 0 Å². The van der Waals surface area contributed by atoms with Gasteiger partial charge in [0.1, 0.15) is 15.7 Å². The predicted octanol–water partition coefficient (Wildman–Crippen LogP) is 1.01. The van der Waals surface area contributed by atoms with Crippen LogP contribution in [0.15, 0.2) is 0 Å². The summed E-state index contributed by atoms with van der Waals surface area (Å²) in [5.41, 5.74) is 0. The summed E-state index contributed by atoms with van der Waals surface area (Å²) in [5.74, 6) is 0.967. The highest BCUT2D eigenvalue weighted by Gasteiger charge is 2.44. The van der Waals surface area contributed by atoms with Crippen LogP contribution < -0.4 is 4.49 Å². The molecule has 0 bridgehead atoms. The molecule has 1 N–H and O–H groups in total. The van der Waals surface area contributed by atoms with Gasteiger partial charge in [0.05, 0.1) is 24.9 Å². The fraction of sp³-hybridized carbons (Fsp3) is 1.00. The molecular formula is C14H30B2NO5PS. The smallest absolute Gasteiger partial charge is 0.381 e. The Morgan fingerprint density at radius 1 is 1.08 bits per heavy atom. The number of ether oxygens (including phenoxy) is 2. The van der Waals surface area contributed by atoms with Crippen molar-refractivity contribution in [2.75, 3.05) is 12.9 Å². The van der Waals surface area contributed by atoms with Gasteiger partial charge in [-0.3, -0.25) is 9.05 Å². The molecule has 2 aliphatic rings. The Balaban J connectivity index is 1.99. The minimum atomic E-state index is -3.44. The Labute approximate surface area is 152 Å². The van der Waals surface area contributed by atoms with E-state index in [0.29, 0.717) is 11.8 Å². The molecule has 9 atom stereocenters. The van der Waals surface area contributed by atoms with E-state index in [2.05, 4.69) is 26.2 Å². The molecule has 0 spiro atoms. The zero-order chi connectivity index (χ0) is 18.1. The Morgan fingerprint density at radius 3 is 2.17 bits per heavy atom. The highest BCUT2D eigenvalue weighted by Crippen LogP contribution is 2.50. The molecule has 138 valence electrons. The van der Waals surface area contributed by atoms with Crippen LogP contribution >= 0.6 is 19.7 Å². The van der Waals surface area contributed by atoms with Crippen LogP contribution in [0.3, 0.4) is 0 Å². The van der Waals surface area contributed by atoms with E-state index >= 15 is 0 Å². The fourth-order valence-electron chi connectivity index (χ4n) is 3.42. The first kappa shape index (κ1) is 20.8. The van der Waals surface area contributed by atoms with E-state index in [1.807, 2.05) is 21.7 Å². The molecule has 10 heteroatoms. The fourth-order valence-corrected chi connectivity index (χ4v) is 5.78. The monoisotopic (exact) mass is 377 g/mol. The SMILES string of the molecule is BC1OC(COP(=O)(NSC)OC2C(C)OC(B)C2C)C(C)C1C. The molecule has 0 radical (unpaired) electrons. The van der Waals surface area contributed by atoms with E-state index in [0.717, 1.165) is 0 Å². The van der Waals surface area contributed by atoms with E-state index in [-0.39, 0.29) is 42.8 Å². The third kappa shape index (κ3) is 4.61. The van der Waals surface area contributed by atoms with Gasteiger partial charge in [-0.05, 0) is 25.0 Å². The van der Waals surface area contributed by atoms with Crippen molar-refractivity contribution in [1.29, 1.82) is 0 Å². The summed E-state index contributed by atoms with van der Waals surface area (Å²) in [5, 5.41) is 0. The van der Waals surface area contributed by atoms with Gasteiger partial charge in [-0.2, -0.15) is 4.49 Å². The van der Waals surface area contributed by atoms with Gasteiger partial charge in [-0.1, -0.05) is 32.7 Å². The number of rotatable bonds is 7. The topological polar surface area (TPSA) is 66.0 Å². The minimum Gasteiger partial charge on any atom is -0.381 e. The molecule has 2 fully saturated rings. The maximum Gasteiger partial charge on any atom is 0.415 e. The lowest BCUT2D eigenvalue weighted by molar-refractivity contribution is 0.0163. The summed E-state index contributed by atoms with van der Waals surface area (Å²) < 4.78 is 39.3. The normalized spacial score (nSPS) is 45.4. The van der Waals surface area contributed by atoms with Crippen molar-refractivity contribution in [3.63, 3.8) is 0 Å². The van der Waals surface area contributed by atoms with Crippen LogP contribution in [0.4, 0.5) is 0 Å². The zero-order valence-electron chi connectivity index (χ0n) is 15.7. The van der Waals surface area contributed by atoms with Crippen molar-refractivity contribution < 1.29 is 23.1 Å². The van der Waals surface area contributed by atoms with E-state index in [1.165, 1.54) is 11.9 Å². The molecule has 2 rings (SSSR count). The maximum atomic E-state index is 13.1. The average molecular weight is 377 g/mol. The van der Waals surface area contributed by atoms with Crippen LogP contribution in [0.25, 0.3) is 0 Å². The number of hydrogen-bond acceptors (Lipinski definition) is 6. The summed E-state index contributed by atoms with van der Waals surface area (Å²) in [6.07, 6.45) is 1.37. The molecule has 0 aromatic rings. The number of nitrogens with one attached hydrogen (secondary N) is 1. The first-order chi connectivity index (χ1) is 11.2. The highest BCUT2D eigenvalue weighted by molar-refractivity contribution is 8.01. The van der Waals surface area contributed by atoms with Crippen molar-refractivity contribution >= 4 is 35.4 Å². The van der Waals surface area contributed by atoms with Crippen molar-refractivity contribution in [1.82, 2.24) is 4.49 Å². The van der Waals surface area contributed by atoms with Crippen LogP contribution in [-0.4, -0.2) is 58.9 Å². The molecule has 24 heavy (non-hydrogen) atoms. The van der Waals surface area contributed by atoms with E-state index < -0.39 is 7.75 Å². The molecule has 0 amide bonds. The van der Waals surface area contributed by atoms with E-state index in [4.69, 9.17) is 18.5 Å². The van der Waals surface area contributed by atoms with Gasteiger partial charge in [-0.25, -0.2) is 4.57 Å². The summed E-state index contributed by atoms with van der Waals surface area (Å²) in [4.78, 5) is 0. The first-order valence-corrected chi connectivity index (χ1v) is 11.5. The molecule has 0 aromatic carbocycles. The minimum absolute atomic E-state index is 0.0656. The third-order valence-electron chi connectivity index (χ3n) is 5.57. The Hall–Kier alpha value is 0.510. The molecule has 9 unspecified atom stereocenters. The van der Waals surface area contributed by atoms with Crippen molar-refractivity contribution in [2.45, 2.75) is 58.0 Å². The molecule has 0 saturated carbocycles. The van der Waals surface area contributed by atoms with Gasteiger partial charge in [0.2, 0.25) is 0 Å². The quantitative estimate of drug-likeness (QED) is 0.404. The van der Waals surface area contributed by atoms with Gasteiger partial charge >= 0.3 is 7.75 Å². The Bertz CT molecular complexity index is 476. The van der Waals surface area contributed by atoms with Crippen molar-refractivity contribution in [2.24, 2.45) is 17.8 Å². The van der Waals surface area contributed by atoms with Crippen LogP contribution in [0.5, 0.6) is 0 Å². The second kappa shape index (κ2) is 8.47. The highest BCUT2D eigenvalue weighted by atomic mass is 32.2. The van der Waals surface area contributed by atoms with E-state index in [9.17, 15) is 4.57 Å². The Morgan fingerprint density at radius 2 is 1.71 bits per heavy atom. The summed E-state index contributed by atoms with van der Waals surface area (Å²) in [6, 6.07) is 0.263. The van der Waals surface area contributed by atoms with Crippen LogP contribution in [0, 0.1) is 17.8 Å². The largest absolute Gasteiger partial charge is 0.415 e. The van der Waals surface area contributed by atoms with E-state index in [1.54, 1.807) is 6.26 Å². The summed E-state index contributed by atoms with van der Waals surface area (Å²) in [6.45, 7) is 8.57. The standard InChI is InChI=1S/C14H30B2NO5PS/c1-7-8(2)13(15)21-11(7)6-19-23(18,17-24-5)22-12-9(3)14(16)20-10(12)4/h7-14H,6,15-16H2,1-5H3,(H,17,18). The second-order valence-corrected chi connectivity index (χ2v) is 9.76. The summed E-state index contributed by atoms with van der Waals surface area (Å²) >= 11 is 1.23. The van der Waals surface area contributed by atoms with Crippen molar-refractivity contribution in [3.05, 3.63) is 0 Å². The second-order valence-electron chi connectivity index (χ2n) is 7.16. The Kier molecular flexibility index (Phi) is 7.34. The van der Waals surface area contributed by atoms with Gasteiger partial charge < -0.3 is 9.47 Å². The maximum absolute atomic E-state index is 13.1. The average Bonchev–Trinajstić information content (AvgIpc) is 2.90. The molecule has 0 aliphatic carbocycles. The summed E-state index contributed by atoms with van der Waals surface area (Å²) in [7, 11) is 0.641. The predicted molar refractivity (Wildman–Crippen MR) is 103 cm³/mol. The lowest BCUT2D eigenvalue weighted by atomic mass is 9.82. The van der Waals surface area contributed by atoms with Crippen LogP contribution in [0.2, 0.25) is 0 Å². The van der Waals surface area contributed by atoms with Gasteiger partial charge in [0.25, 0.3) is 0 Å². The lowest BCUT2D eigenvalue weighted by Gasteiger charge is -2.27. The third-order valence-corrected chi connectivity index (χ3v) is 8.20. The molecule has 2 heterocycles. The molecule has 2 saturated heterocycles. The first-order valence-electron chi connectivity index (χ1n) is 8.72. The van der Waals surface area contributed by atoms with Crippen LogP contribution in [0.1, 0.15) is 27.7 Å². The molecule has 0 aromatic heterocycles. The number of hydrogen-bond donors (Lipinski definition) is 1. The molecular weight excluding hydrogens is 347 g/mol. The molecule has 2 aliphatic heterocycles. The van der Waals surface area contributed by atoms with Crippen molar-refractivity contribution in [3.8, 4) is 0 Å². The van der Waals surface area contributed by atoms with Gasteiger partial charge in [0, 0.05) is 17.9 Å². The lowest BCUT2D eigenvalue weighted by Crippen LogP contribution is -2.30. The zero-order valence-corrected chi connectivity index (χ0v) is 17.4.